The van der Waals surface area contributed by atoms with Crippen LogP contribution in [0.15, 0.2) is 22.7 Å². The van der Waals surface area contributed by atoms with Gasteiger partial charge in [0.1, 0.15) is 5.82 Å². The Morgan fingerprint density at radius 1 is 1.50 bits per heavy atom. The second-order valence-electron chi connectivity index (χ2n) is 2.39. The van der Waals surface area contributed by atoms with Crippen LogP contribution in [0.25, 0.3) is 0 Å². The van der Waals surface area contributed by atoms with Gasteiger partial charge >= 0.3 is 0 Å². The fraction of sp³-hybridized carbons (Fsp3) is 0.333. The zero-order valence-electron chi connectivity index (χ0n) is 6.81. The van der Waals surface area contributed by atoms with Crippen molar-refractivity contribution in [3.63, 3.8) is 0 Å². The van der Waals surface area contributed by atoms with E-state index in [0.717, 1.165) is 17.1 Å². The maximum Gasteiger partial charge on any atom is 0.137 e. The minimum atomic E-state index is -0.177. The van der Waals surface area contributed by atoms with Crippen LogP contribution in [0.1, 0.15) is 12.5 Å². The van der Waals surface area contributed by atoms with Crippen molar-refractivity contribution in [3.8, 4) is 0 Å². The molecule has 0 amide bonds. The van der Waals surface area contributed by atoms with Crippen LogP contribution in [0.5, 0.6) is 0 Å². The highest BCUT2D eigenvalue weighted by molar-refractivity contribution is 9.10. The SMILES string of the molecule is CCSCc1ccc(Br)c(F)c1. The molecule has 66 valence electrons. The number of rotatable bonds is 3. The molecule has 0 radical (unpaired) electrons. The molecule has 0 aromatic heterocycles. The molecule has 0 bridgehead atoms. The Kier molecular flexibility index (Phi) is 4.09. The van der Waals surface area contributed by atoms with Crippen molar-refractivity contribution in [2.24, 2.45) is 0 Å². The molecular weight excluding hydrogens is 239 g/mol. The lowest BCUT2D eigenvalue weighted by atomic mass is 10.2. The van der Waals surface area contributed by atoms with Gasteiger partial charge in [-0.05, 0) is 39.4 Å². The predicted octanol–water partition coefficient (Wildman–Crippen LogP) is 3.84. The summed E-state index contributed by atoms with van der Waals surface area (Å²) >= 11 is 4.91. The van der Waals surface area contributed by atoms with Gasteiger partial charge in [-0.3, -0.25) is 0 Å². The second-order valence-corrected chi connectivity index (χ2v) is 4.51. The highest BCUT2D eigenvalue weighted by atomic mass is 79.9. The third-order valence-electron chi connectivity index (χ3n) is 1.46. The molecule has 0 heterocycles. The molecule has 1 aromatic carbocycles. The number of hydrogen-bond donors (Lipinski definition) is 0. The summed E-state index contributed by atoms with van der Waals surface area (Å²) in [6, 6.07) is 5.27. The normalized spacial score (nSPS) is 10.2. The number of halogens is 2. The van der Waals surface area contributed by atoms with Gasteiger partial charge in [-0.15, -0.1) is 0 Å². The van der Waals surface area contributed by atoms with Crippen LogP contribution in [0.3, 0.4) is 0 Å². The van der Waals surface area contributed by atoms with Gasteiger partial charge in [0.25, 0.3) is 0 Å². The van der Waals surface area contributed by atoms with Crippen LogP contribution in [0, 0.1) is 5.82 Å². The summed E-state index contributed by atoms with van der Waals surface area (Å²) in [5, 5.41) is 0. The smallest absolute Gasteiger partial charge is 0.137 e. The molecule has 0 saturated heterocycles. The molecule has 3 heteroatoms. The van der Waals surface area contributed by atoms with E-state index >= 15 is 0 Å². The van der Waals surface area contributed by atoms with Crippen molar-refractivity contribution in [2.45, 2.75) is 12.7 Å². The number of hydrogen-bond acceptors (Lipinski definition) is 1. The summed E-state index contributed by atoms with van der Waals surface area (Å²) in [5.74, 6) is 1.78. The van der Waals surface area contributed by atoms with E-state index in [1.54, 1.807) is 23.9 Å². The van der Waals surface area contributed by atoms with E-state index in [-0.39, 0.29) is 5.82 Å². The molecule has 1 rings (SSSR count). The summed E-state index contributed by atoms with van der Waals surface area (Å²) < 4.78 is 13.5. The summed E-state index contributed by atoms with van der Waals surface area (Å²) in [5.41, 5.74) is 1.04. The van der Waals surface area contributed by atoms with Crippen molar-refractivity contribution in [1.82, 2.24) is 0 Å². The largest absolute Gasteiger partial charge is 0.206 e. The van der Waals surface area contributed by atoms with E-state index < -0.39 is 0 Å². The second kappa shape index (κ2) is 4.87. The first-order chi connectivity index (χ1) is 5.74. The van der Waals surface area contributed by atoms with Crippen LogP contribution in [-0.4, -0.2) is 5.75 Å². The van der Waals surface area contributed by atoms with Crippen LogP contribution in [0.4, 0.5) is 4.39 Å². The van der Waals surface area contributed by atoms with Gasteiger partial charge < -0.3 is 0 Å². The molecule has 0 nitrogen and oxygen atoms in total. The highest BCUT2D eigenvalue weighted by Crippen LogP contribution is 2.19. The third-order valence-corrected chi connectivity index (χ3v) is 3.05. The predicted molar refractivity (Wildman–Crippen MR) is 55.9 cm³/mol. The molecule has 0 atom stereocenters. The Morgan fingerprint density at radius 3 is 2.83 bits per heavy atom. The monoisotopic (exact) mass is 248 g/mol. The van der Waals surface area contributed by atoms with Gasteiger partial charge in [-0.2, -0.15) is 11.8 Å². The average Bonchev–Trinajstić information content (AvgIpc) is 2.07. The van der Waals surface area contributed by atoms with Crippen molar-refractivity contribution < 1.29 is 4.39 Å². The summed E-state index contributed by atoms with van der Waals surface area (Å²) in [4.78, 5) is 0. The van der Waals surface area contributed by atoms with Crippen LogP contribution in [-0.2, 0) is 5.75 Å². The lowest BCUT2D eigenvalue weighted by molar-refractivity contribution is 0.620. The first-order valence-electron chi connectivity index (χ1n) is 3.75. The third kappa shape index (κ3) is 2.79. The molecular formula is C9H10BrFS. The molecule has 1 aromatic rings. The van der Waals surface area contributed by atoms with Gasteiger partial charge in [-0.1, -0.05) is 13.0 Å². The molecule has 0 unspecified atom stereocenters. The molecule has 0 saturated carbocycles. The minimum Gasteiger partial charge on any atom is -0.206 e. The van der Waals surface area contributed by atoms with Gasteiger partial charge in [0.2, 0.25) is 0 Å². The average molecular weight is 249 g/mol. The van der Waals surface area contributed by atoms with Crippen LogP contribution < -0.4 is 0 Å². The van der Waals surface area contributed by atoms with E-state index in [4.69, 9.17) is 0 Å². The number of benzene rings is 1. The van der Waals surface area contributed by atoms with E-state index in [1.165, 1.54) is 0 Å². The minimum absolute atomic E-state index is 0.177. The van der Waals surface area contributed by atoms with Gasteiger partial charge in [0.05, 0.1) is 4.47 Å². The standard InChI is InChI=1S/C9H10BrFS/c1-2-12-6-7-3-4-8(10)9(11)5-7/h3-5H,2,6H2,1H3. The summed E-state index contributed by atoms with van der Waals surface area (Å²) in [6.07, 6.45) is 0. The van der Waals surface area contributed by atoms with Gasteiger partial charge in [-0.25, -0.2) is 4.39 Å². The quantitative estimate of drug-likeness (QED) is 0.784. The van der Waals surface area contributed by atoms with Crippen LogP contribution >= 0.6 is 27.7 Å². The molecule has 0 aliphatic heterocycles. The van der Waals surface area contributed by atoms with Crippen molar-refractivity contribution in [1.29, 1.82) is 0 Å². The van der Waals surface area contributed by atoms with Gasteiger partial charge in [0.15, 0.2) is 0 Å². The van der Waals surface area contributed by atoms with E-state index in [0.29, 0.717) is 4.47 Å². The summed E-state index contributed by atoms with van der Waals surface area (Å²) in [7, 11) is 0. The highest BCUT2D eigenvalue weighted by Gasteiger charge is 1.99. The molecule has 0 N–H and O–H groups in total. The fourth-order valence-electron chi connectivity index (χ4n) is 0.849. The van der Waals surface area contributed by atoms with Crippen molar-refractivity contribution in [2.75, 3.05) is 5.75 Å². The molecule has 0 aliphatic rings. The van der Waals surface area contributed by atoms with Crippen LogP contribution in [0.2, 0.25) is 0 Å². The zero-order valence-corrected chi connectivity index (χ0v) is 9.21. The Labute approximate surface area is 84.7 Å². The molecule has 0 fully saturated rings. The fourth-order valence-corrected chi connectivity index (χ4v) is 1.72. The van der Waals surface area contributed by atoms with Crippen molar-refractivity contribution >= 4 is 27.7 Å². The lowest BCUT2D eigenvalue weighted by Crippen LogP contribution is -1.84. The summed E-state index contributed by atoms with van der Waals surface area (Å²) in [6.45, 7) is 2.10. The molecule has 0 spiro atoms. The van der Waals surface area contributed by atoms with Crippen molar-refractivity contribution in [3.05, 3.63) is 34.1 Å². The maximum atomic E-state index is 13.0. The first-order valence-corrected chi connectivity index (χ1v) is 5.70. The lowest BCUT2D eigenvalue weighted by Gasteiger charge is -2.00. The topological polar surface area (TPSA) is 0 Å². The first kappa shape index (κ1) is 10.1. The van der Waals surface area contributed by atoms with E-state index in [2.05, 4.69) is 22.9 Å². The Hall–Kier alpha value is -0.0200. The molecule has 0 aliphatic carbocycles. The number of thioether (sulfide) groups is 1. The molecule has 12 heavy (non-hydrogen) atoms. The Bertz CT molecular complexity index is 263. The Morgan fingerprint density at radius 2 is 2.25 bits per heavy atom. The van der Waals surface area contributed by atoms with E-state index in [9.17, 15) is 4.39 Å². The maximum absolute atomic E-state index is 13.0. The Balaban J connectivity index is 2.69. The van der Waals surface area contributed by atoms with E-state index in [1.807, 2.05) is 6.07 Å². The van der Waals surface area contributed by atoms with Gasteiger partial charge in [0, 0.05) is 5.75 Å². The zero-order chi connectivity index (χ0) is 8.97.